The molecule has 116 valence electrons. The van der Waals surface area contributed by atoms with Crippen LogP contribution in [-0.4, -0.2) is 36.4 Å². The molecule has 1 aliphatic heterocycles. The zero-order valence-corrected chi connectivity index (χ0v) is 13.1. The Balaban J connectivity index is 1.67. The summed E-state index contributed by atoms with van der Waals surface area (Å²) in [7, 11) is 0. The van der Waals surface area contributed by atoms with Gasteiger partial charge in [0.05, 0.1) is 0 Å². The van der Waals surface area contributed by atoms with Gasteiger partial charge in [0.2, 0.25) is 6.79 Å². The average Bonchev–Trinajstić information content (AvgIpc) is 3.22. The fourth-order valence-corrected chi connectivity index (χ4v) is 3.34. The van der Waals surface area contributed by atoms with Crippen molar-refractivity contribution in [3.8, 4) is 11.5 Å². The molecule has 1 unspecified atom stereocenters. The van der Waals surface area contributed by atoms with Crippen molar-refractivity contribution >= 4 is 0 Å². The van der Waals surface area contributed by atoms with Crippen molar-refractivity contribution in [1.29, 1.82) is 0 Å². The van der Waals surface area contributed by atoms with E-state index in [1.165, 1.54) is 18.4 Å². The van der Waals surface area contributed by atoms with Crippen molar-refractivity contribution in [2.75, 3.05) is 19.9 Å². The zero-order valence-electron chi connectivity index (χ0n) is 13.1. The highest BCUT2D eigenvalue weighted by atomic mass is 16.7. The van der Waals surface area contributed by atoms with Crippen LogP contribution in [0.3, 0.4) is 0 Å². The summed E-state index contributed by atoms with van der Waals surface area (Å²) in [5.74, 6) is 1.73. The Hall–Kier alpha value is -1.26. The van der Waals surface area contributed by atoms with Gasteiger partial charge in [0.1, 0.15) is 0 Å². The maximum absolute atomic E-state index is 6.12. The summed E-state index contributed by atoms with van der Waals surface area (Å²) in [4.78, 5) is 2.60. The number of fused-ring (bicyclic) bond motifs is 1. The Labute approximate surface area is 127 Å². The van der Waals surface area contributed by atoms with Crippen LogP contribution in [0.25, 0.3) is 0 Å². The summed E-state index contributed by atoms with van der Waals surface area (Å²) in [5, 5.41) is 0. The van der Waals surface area contributed by atoms with Crippen LogP contribution in [0.4, 0.5) is 0 Å². The van der Waals surface area contributed by atoms with Crippen LogP contribution in [-0.2, 0) is 6.42 Å². The van der Waals surface area contributed by atoms with Gasteiger partial charge >= 0.3 is 0 Å². The molecule has 3 rings (SSSR count). The molecular formula is C17H26N2O2. The number of ether oxygens (including phenoxy) is 2. The number of aryl methyl sites for hydroxylation is 1. The first kappa shape index (κ1) is 14.7. The molecule has 0 saturated heterocycles. The third kappa shape index (κ3) is 3.01. The number of rotatable bonds is 7. The minimum absolute atomic E-state index is 0.0896. The van der Waals surface area contributed by atoms with E-state index in [0.717, 1.165) is 36.9 Å². The molecule has 1 aliphatic carbocycles. The third-order valence-corrected chi connectivity index (χ3v) is 4.85. The minimum atomic E-state index is 0.0896. The highest BCUT2D eigenvalue weighted by Gasteiger charge is 2.39. The summed E-state index contributed by atoms with van der Waals surface area (Å²) >= 11 is 0. The van der Waals surface area contributed by atoms with E-state index in [-0.39, 0.29) is 5.54 Å². The Morgan fingerprint density at radius 2 is 2.05 bits per heavy atom. The first-order valence-corrected chi connectivity index (χ1v) is 8.01. The molecule has 1 aromatic carbocycles. The second-order valence-corrected chi connectivity index (χ2v) is 6.41. The highest BCUT2D eigenvalue weighted by Crippen LogP contribution is 2.36. The lowest BCUT2D eigenvalue weighted by molar-refractivity contribution is 0.0990. The van der Waals surface area contributed by atoms with Crippen LogP contribution in [0.2, 0.25) is 0 Å². The molecule has 1 aromatic rings. The van der Waals surface area contributed by atoms with Gasteiger partial charge in [-0.15, -0.1) is 0 Å². The number of nitrogens with two attached hydrogens (primary N) is 1. The van der Waals surface area contributed by atoms with Crippen molar-refractivity contribution in [2.24, 2.45) is 5.73 Å². The third-order valence-electron chi connectivity index (χ3n) is 4.85. The van der Waals surface area contributed by atoms with E-state index in [0.29, 0.717) is 13.3 Å². The van der Waals surface area contributed by atoms with Crippen LogP contribution in [0.15, 0.2) is 18.2 Å². The molecule has 1 heterocycles. The lowest BCUT2D eigenvalue weighted by Gasteiger charge is -2.40. The molecule has 1 saturated carbocycles. The Morgan fingerprint density at radius 3 is 2.71 bits per heavy atom. The van der Waals surface area contributed by atoms with Crippen molar-refractivity contribution in [1.82, 2.24) is 4.90 Å². The highest BCUT2D eigenvalue weighted by molar-refractivity contribution is 5.44. The molecule has 1 atom stereocenters. The van der Waals surface area contributed by atoms with Crippen molar-refractivity contribution < 1.29 is 9.47 Å². The fourth-order valence-electron chi connectivity index (χ4n) is 3.34. The van der Waals surface area contributed by atoms with E-state index in [4.69, 9.17) is 15.2 Å². The van der Waals surface area contributed by atoms with Gasteiger partial charge in [-0.2, -0.15) is 0 Å². The number of nitrogens with zero attached hydrogens (tertiary/aromatic N) is 1. The van der Waals surface area contributed by atoms with Crippen molar-refractivity contribution in [2.45, 2.75) is 51.1 Å². The van der Waals surface area contributed by atoms with Crippen LogP contribution >= 0.6 is 0 Å². The van der Waals surface area contributed by atoms with E-state index in [9.17, 15) is 0 Å². The zero-order chi connectivity index (χ0) is 14.9. The lowest BCUT2D eigenvalue weighted by Crippen LogP contribution is -2.53. The molecule has 0 bridgehead atoms. The predicted molar refractivity (Wildman–Crippen MR) is 83.7 cm³/mol. The summed E-state index contributed by atoms with van der Waals surface area (Å²) in [5.41, 5.74) is 7.50. The Kier molecular flexibility index (Phi) is 4.09. The standard InChI is InChI=1S/C17H26N2O2/c1-3-19(14-5-6-14)17(2,11-18)9-8-13-4-7-15-16(10-13)21-12-20-15/h4,7,10,14H,3,5-6,8-9,11-12,18H2,1-2H3. The van der Waals surface area contributed by atoms with Crippen LogP contribution < -0.4 is 15.2 Å². The number of hydrogen-bond donors (Lipinski definition) is 1. The van der Waals surface area contributed by atoms with Gasteiger partial charge in [0.15, 0.2) is 11.5 Å². The molecule has 0 radical (unpaired) electrons. The maximum Gasteiger partial charge on any atom is 0.231 e. The van der Waals surface area contributed by atoms with Gasteiger partial charge in [-0.3, -0.25) is 4.90 Å². The number of benzene rings is 1. The second kappa shape index (κ2) is 5.85. The molecule has 2 aliphatic rings. The van der Waals surface area contributed by atoms with Crippen LogP contribution in [0, 0.1) is 0 Å². The molecular weight excluding hydrogens is 264 g/mol. The Bertz CT molecular complexity index is 502. The van der Waals surface area contributed by atoms with E-state index >= 15 is 0 Å². The Morgan fingerprint density at radius 1 is 1.29 bits per heavy atom. The molecule has 4 nitrogen and oxygen atoms in total. The molecule has 2 N–H and O–H groups in total. The normalized spacial score (nSPS) is 19.8. The minimum Gasteiger partial charge on any atom is -0.454 e. The number of likely N-dealkylation sites (N-methyl/N-ethyl adjacent to an activating group) is 1. The quantitative estimate of drug-likeness (QED) is 0.838. The van der Waals surface area contributed by atoms with Crippen molar-refractivity contribution in [3.63, 3.8) is 0 Å². The molecule has 4 heteroatoms. The monoisotopic (exact) mass is 290 g/mol. The summed E-state index contributed by atoms with van der Waals surface area (Å²) < 4.78 is 10.8. The average molecular weight is 290 g/mol. The van der Waals surface area contributed by atoms with Crippen molar-refractivity contribution in [3.05, 3.63) is 23.8 Å². The van der Waals surface area contributed by atoms with Gasteiger partial charge < -0.3 is 15.2 Å². The second-order valence-electron chi connectivity index (χ2n) is 6.41. The van der Waals surface area contributed by atoms with Gasteiger partial charge in [-0.05, 0) is 56.8 Å². The molecule has 0 amide bonds. The van der Waals surface area contributed by atoms with E-state index < -0.39 is 0 Å². The molecule has 0 spiro atoms. The predicted octanol–water partition coefficient (Wildman–Crippen LogP) is 2.55. The SMILES string of the molecule is CCN(C1CC1)C(C)(CN)CCc1ccc2c(c1)OCO2. The lowest BCUT2D eigenvalue weighted by atomic mass is 9.91. The van der Waals surface area contributed by atoms with E-state index in [1.54, 1.807) is 0 Å². The molecule has 21 heavy (non-hydrogen) atoms. The summed E-state index contributed by atoms with van der Waals surface area (Å²) in [6.45, 7) is 6.68. The van der Waals surface area contributed by atoms with Gasteiger partial charge in [0, 0.05) is 18.1 Å². The number of hydrogen-bond acceptors (Lipinski definition) is 4. The first-order valence-electron chi connectivity index (χ1n) is 8.01. The van der Waals surface area contributed by atoms with E-state index in [1.807, 2.05) is 6.07 Å². The fraction of sp³-hybridized carbons (Fsp3) is 0.647. The first-order chi connectivity index (χ1) is 10.2. The maximum atomic E-state index is 6.12. The van der Waals surface area contributed by atoms with Crippen LogP contribution in [0.5, 0.6) is 11.5 Å². The topological polar surface area (TPSA) is 47.7 Å². The molecule has 0 aromatic heterocycles. The largest absolute Gasteiger partial charge is 0.454 e. The smallest absolute Gasteiger partial charge is 0.231 e. The van der Waals surface area contributed by atoms with E-state index in [2.05, 4.69) is 30.9 Å². The summed E-state index contributed by atoms with van der Waals surface area (Å²) in [6.07, 6.45) is 4.75. The van der Waals surface area contributed by atoms with Gasteiger partial charge in [-0.25, -0.2) is 0 Å². The summed E-state index contributed by atoms with van der Waals surface area (Å²) in [6, 6.07) is 7.00. The van der Waals surface area contributed by atoms with Crippen LogP contribution in [0.1, 0.15) is 38.7 Å². The van der Waals surface area contributed by atoms with Gasteiger partial charge in [-0.1, -0.05) is 13.0 Å². The van der Waals surface area contributed by atoms with Gasteiger partial charge in [0.25, 0.3) is 0 Å². The molecule has 1 fully saturated rings.